The summed E-state index contributed by atoms with van der Waals surface area (Å²) in [6.45, 7) is 2.36. The van der Waals surface area contributed by atoms with Gasteiger partial charge in [-0.15, -0.1) is 0 Å². The summed E-state index contributed by atoms with van der Waals surface area (Å²) < 4.78 is 30.2. The fraction of sp³-hybridized carbons (Fsp3) is 0.0952. The van der Waals surface area contributed by atoms with Crippen LogP contribution >= 0.6 is 0 Å². The van der Waals surface area contributed by atoms with Gasteiger partial charge >= 0.3 is 0 Å². The minimum atomic E-state index is -3.68. The molecule has 0 fully saturated rings. The van der Waals surface area contributed by atoms with Crippen molar-refractivity contribution in [2.75, 3.05) is 0 Å². The Balaban J connectivity index is 1.62. The molecule has 0 saturated heterocycles. The summed E-state index contributed by atoms with van der Waals surface area (Å²) in [7, 11) is -3.68. The van der Waals surface area contributed by atoms with E-state index in [2.05, 4.69) is 9.93 Å². The molecule has 138 valence electrons. The van der Waals surface area contributed by atoms with Crippen LogP contribution in [-0.2, 0) is 16.6 Å². The average molecular weight is 380 g/mol. The van der Waals surface area contributed by atoms with Crippen LogP contribution in [0.1, 0.15) is 16.7 Å². The van der Waals surface area contributed by atoms with Crippen LogP contribution in [0.2, 0.25) is 0 Å². The van der Waals surface area contributed by atoms with Crippen molar-refractivity contribution in [3.63, 3.8) is 0 Å². The van der Waals surface area contributed by atoms with Gasteiger partial charge in [0.05, 0.1) is 11.1 Å². The topological polar surface area (TPSA) is 67.8 Å². The molecule has 6 heteroatoms. The second-order valence-corrected chi connectivity index (χ2v) is 7.67. The molecule has 0 spiro atoms. The van der Waals surface area contributed by atoms with Crippen LogP contribution in [0.25, 0.3) is 0 Å². The highest BCUT2D eigenvalue weighted by Crippen LogP contribution is 2.14. The molecule has 0 radical (unpaired) electrons. The molecule has 3 aromatic rings. The van der Waals surface area contributed by atoms with E-state index in [4.69, 9.17) is 4.74 Å². The fourth-order valence-electron chi connectivity index (χ4n) is 2.37. The van der Waals surface area contributed by atoms with Gasteiger partial charge in [0.15, 0.2) is 0 Å². The minimum Gasteiger partial charge on any atom is -0.489 e. The predicted molar refractivity (Wildman–Crippen MR) is 106 cm³/mol. The van der Waals surface area contributed by atoms with Crippen molar-refractivity contribution >= 4 is 16.2 Å². The number of rotatable bonds is 7. The summed E-state index contributed by atoms with van der Waals surface area (Å²) in [6.07, 6.45) is 1.45. The third kappa shape index (κ3) is 5.43. The molecule has 0 atom stereocenters. The lowest BCUT2D eigenvalue weighted by Crippen LogP contribution is -2.18. The Kier molecular flexibility index (Phi) is 5.88. The molecule has 1 N–H and O–H groups in total. The lowest BCUT2D eigenvalue weighted by Gasteiger charge is -2.07. The number of ether oxygens (including phenoxy) is 1. The van der Waals surface area contributed by atoms with Crippen LogP contribution in [0.4, 0.5) is 0 Å². The molecule has 3 aromatic carbocycles. The first-order valence-corrected chi connectivity index (χ1v) is 9.89. The third-order valence-electron chi connectivity index (χ3n) is 3.82. The van der Waals surface area contributed by atoms with E-state index in [9.17, 15) is 8.42 Å². The van der Waals surface area contributed by atoms with Crippen molar-refractivity contribution in [2.45, 2.75) is 18.4 Å². The van der Waals surface area contributed by atoms with Gasteiger partial charge in [0, 0.05) is 0 Å². The van der Waals surface area contributed by atoms with Gasteiger partial charge in [-0.2, -0.15) is 13.5 Å². The van der Waals surface area contributed by atoms with Crippen molar-refractivity contribution in [1.82, 2.24) is 4.83 Å². The summed E-state index contributed by atoms with van der Waals surface area (Å²) in [5, 5.41) is 3.85. The second kappa shape index (κ2) is 8.51. The third-order valence-corrected chi connectivity index (χ3v) is 5.06. The lowest BCUT2D eigenvalue weighted by atomic mass is 10.2. The smallest absolute Gasteiger partial charge is 0.276 e. The van der Waals surface area contributed by atoms with Crippen molar-refractivity contribution < 1.29 is 13.2 Å². The first kappa shape index (κ1) is 18.7. The molecule has 0 aliphatic heterocycles. The Morgan fingerprint density at radius 2 is 1.70 bits per heavy atom. The maximum atomic E-state index is 12.2. The molecule has 0 amide bonds. The zero-order valence-electron chi connectivity index (χ0n) is 14.9. The number of nitrogens with one attached hydrogen (secondary N) is 1. The van der Waals surface area contributed by atoms with Crippen molar-refractivity contribution in [1.29, 1.82) is 0 Å². The minimum absolute atomic E-state index is 0.171. The molecule has 0 heterocycles. The molecular weight excluding hydrogens is 360 g/mol. The summed E-state index contributed by atoms with van der Waals surface area (Å²) >= 11 is 0. The van der Waals surface area contributed by atoms with Gasteiger partial charge in [-0.3, -0.25) is 0 Å². The Labute approximate surface area is 159 Å². The molecule has 3 rings (SSSR count). The molecule has 0 aromatic heterocycles. The van der Waals surface area contributed by atoms with E-state index in [0.29, 0.717) is 12.4 Å². The predicted octanol–water partition coefficient (Wildman–Crippen LogP) is 3.89. The van der Waals surface area contributed by atoms with E-state index in [1.165, 1.54) is 6.21 Å². The number of sulfonamides is 1. The number of hydrogen-bond donors (Lipinski definition) is 1. The fourth-order valence-corrected chi connectivity index (χ4v) is 3.16. The van der Waals surface area contributed by atoms with E-state index >= 15 is 0 Å². The van der Waals surface area contributed by atoms with Gasteiger partial charge in [0.2, 0.25) is 0 Å². The molecule has 0 aliphatic rings. The summed E-state index contributed by atoms with van der Waals surface area (Å²) in [6, 6.07) is 23.7. The van der Waals surface area contributed by atoms with Crippen LogP contribution in [-0.4, -0.2) is 14.6 Å². The van der Waals surface area contributed by atoms with Crippen LogP contribution in [0, 0.1) is 6.92 Å². The SMILES string of the molecule is Cc1ccc(S(=O)(=O)NN=Cc2cccc(OCc3ccccc3)c2)cc1. The first-order valence-electron chi connectivity index (χ1n) is 8.41. The van der Waals surface area contributed by atoms with Crippen LogP contribution in [0.15, 0.2) is 88.9 Å². The number of hydrogen-bond acceptors (Lipinski definition) is 4. The van der Waals surface area contributed by atoms with Crippen LogP contribution < -0.4 is 9.57 Å². The normalized spacial score (nSPS) is 11.4. The summed E-state index contributed by atoms with van der Waals surface area (Å²) in [5.74, 6) is 0.684. The van der Waals surface area contributed by atoms with Gasteiger partial charge in [0.1, 0.15) is 12.4 Å². The van der Waals surface area contributed by atoms with Crippen molar-refractivity contribution in [3.8, 4) is 5.75 Å². The summed E-state index contributed by atoms with van der Waals surface area (Å²) in [4.78, 5) is 2.39. The zero-order chi connectivity index (χ0) is 19.1. The Morgan fingerprint density at radius 3 is 2.44 bits per heavy atom. The number of aryl methyl sites for hydroxylation is 1. The van der Waals surface area contributed by atoms with Gasteiger partial charge in [-0.25, -0.2) is 4.83 Å². The van der Waals surface area contributed by atoms with Gasteiger partial charge in [0.25, 0.3) is 10.0 Å². The van der Waals surface area contributed by atoms with Crippen molar-refractivity contribution in [2.24, 2.45) is 5.10 Å². The molecule has 0 saturated carbocycles. The Hall–Kier alpha value is -3.12. The standard InChI is InChI=1S/C21H20N2O3S/c1-17-10-12-21(13-11-17)27(24,25)23-22-15-19-8-5-9-20(14-19)26-16-18-6-3-2-4-7-18/h2-15,23H,16H2,1H3. The van der Waals surface area contributed by atoms with Crippen molar-refractivity contribution in [3.05, 3.63) is 95.6 Å². The largest absolute Gasteiger partial charge is 0.489 e. The van der Waals surface area contributed by atoms with Crippen LogP contribution in [0.3, 0.4) is 0 Å². The molecule has 0 aliphatic carbocycles. The molecule has 5 nitrogen and oxygen atoms in total. The Morgan fingerprint density at radius 1 is 0.963 bits per heavy atom. The van der Waals surface area contributed by atoms with Gasteiger partial charge in [-0.05, 0) is 42.3 Å². The highest BCUT2D eigenvalue weighted by Gasteiger charge is 2.11. The molecule has 0 unspecified atom stereocenters. The van der Waals surface area contributed by atoms with E-state index < -0.39 is 10.0 Å². The molecule has 27 heavy (non-hydrogen) atoms. The number of hydrazone groups is 1. The maximum absolute atomic E-state index is 12.2. The lowest BCUT2D eigenvalue weighted by molar-refractivity contribution is 0.306. The quantitative estimate of drug-likeness (QED) is 0.499. The first-order chi connectivity index (χ1) is 13.0. The van der Waals surface area contributed by atoms with E-state index in [1.807, 2.05) is 55.5 Å². The van der Waals surface area contributed by atoms with E-state index in [1.54, 1.807) is 30.3 Å². The highest BCUT2D eigenvalue weighted by molar-refractivity contribution is 7.89. The summed E-state index contributed by atoms with van der Waals surface area (Å²) in [5.41, 5.74) is 2.79. The average Bonchev–Trinajstić information content (AvgIpc) is 2.68. The molecule has 0 bridgehead atoms. The highest BCUT2D eigenvalue weighted by atomic mass is 32.2. The molecular formula is C21H20N2O3S. The Bertz CT molecular complexity index is 1010. The maximum Gasteiger partial charge on any atom is 0.276 e. The number of nitrogens with zero attached hydrogens (tertiary/aromatic N) is 1. The van der Waals surface area contributed by atoms with Gasteiger partial charge in [-0.1, -0.05) is 60.2 Å². The van der Waals surface area contributed by atoms with Crippen LogP contribution in [0.5, 0.6) is 5.75 Å². The van der Waals surface area contributed by atoms with E-state index in [-0.39, 0.29) is 4.90 Å². The van der Waals surface area contributed by atoms with Gasteiger partial charge < -0.3 is 4.74 Å². The number of benzene rings is 3. The van der Waals surface area contributed by atoms with E-state index in [0.717, 1.165) is 16.7 Å². The second-order valence-electron chi connectivity index (χ2n) is 6.01. The zero-order valence-corrected chi connectivity index (χ0v) is 15.7. The monoisotopic (exact) mass is 380 g/mol.